The number of hydrogen-bond acceptors (Lipinski definition) is 3. The van der Waals surface area contributed by atoms with E-state index in [9.17, 15) is 31.5 Å². The predicted molar refractivity (Wildman–Crippen MR) is 87.4 cm³/mol. The Morgan fingerprint density at radius 1 is 1.19 bits per heavy atom. The molecule has 1 aromatic carbocycles. The number of benzene rings is 1. The third-order valence-corrected chi connectivity index (χ3v) is 6.55. The van der Waals surface area contributed by atoms with Gasteiger partial charge in [-0.15, -0.1) is 0 Å². The number of likely N-dealkylation sites (tertiary alicyclic amines) is 1. The molecule has 6 nitrogen and oxygen atoms in total. The molecule has 1 aliphatic heterocycles. The van der Waals surface area contributed by atoms with E-state index in [2.05, 4.69) is 4.72 Å². The van der Waals surface area contributed by atoms with Crippen molar-refractivity contribution in [1.82, 2.24) is 4.72 Å². The van der Waals surface area contributed by atoms with Crippen LogP contribution in [0.5, 0.6) is 0 Å². The van der Waals surface area contributed by atoms with Crippen molar-refractivity contribution in [3.63, 3.8) is 0 Å². The van der Waals surface area contributed by atoms with Gasteiger partial charge in [0, 0.05) is 12.5 Å². The maximum absolute atomic E-state index is 13.8. The van der Waals surface area contributed by atoms with Crippen molar-refractivity contribution in [2.24, 2.45) is 0 Å². The van der Waals surface area contributed by atoms with Crippen LogP contribution in [0.3, 0.4) is 0 Å². The van der Waals surface area contributed by atoms with Gasteiger partial charge in [0.2, 0.25) is 10.0 Å². The number of quaternary nitrogens is 1. The lowest BCUT2D eigenvalue weighted by Crippen LogP contribution is -2.65. The first-order valence-electron chi connectivity index (χ1n) is 8.00. The highest BCUT2D eigenvalue weighted by molar-refractivity contribution is 7.89. The Kier molecular flexibility index (Phi) is 5.17. The van der Waals surface area contributed by atoms with Crippen molar-refractivity contribution in [1.29, 1.82) is 0 Å². The van der Waals surface area contributed by atoms with Gasteiger partial charge in [-0.25, -0.2) is 30.8 Å². The second kappa shape index (κ2) is 6.50. The molecule has 1 aromatic rings. The lowest BCUT2D eigenvalue weighted by Gasteiger charge is -2.43. The second-order valence-corrected chi connectivity index (χ2v) is 9.29. The van der Waals surface area contributed by atoms with E-state index in [1.54, 1.807) is 27.7 Å². The minimum Gasteiger partial charge on any atom is -0.435 e. The van der Waals surface area contributed by atoms with Gasteiger partial charge in [0.05, 0.1) is 12.1 Å². The van der Waals surface area contributed by atoms with Crippen LogP contribution in [-0.4, -0.2) is 48.3 Å². The Morgan fingerprint density at radius 3 is 2.19 bits per heavy atom. The van der Waals surface area contributed by atoms with Crippen LogP contribution >= 0.6 is 0 Å². The fourth-order valence-corrected chi connectivity index (χ4v) is 5.07. The van der Waals surface area contributed by atoms with Crippen LogP contribution in [0.2, 0.25) is 0 Å². The van der Waals surface area contributed by atoms with Crippen molar-refractivity contribution < 1.29 is 36.0 Å². The zero-order chi connectivity index (χ0) is 20.1. The summed E-state index contributed by atoms with van der Waals surface area (Å²) in [6.07, 6.45) is -0.889. The molecule has 1 aliphatic rings. The average molecular weight is 395 g/mol. The van der Waals surface area contributed by atoms with E-state index >= 15 is 0 Å². The van der Waals surface area contributed by atoms with Crippen molar-refractivity contribution in [3.8, 4) is 0 Å². The topological polar surface area (TPSA) is 83.5 Å². The number of halogens is 3. The van der Waals surface area contributed by atoms with E-state index in [4.69, 9.17) is 0 Å². The van der Waals surface area contributed by atoms with Crippen molar-refractivity contribution in [2.75, 3.05) is 6.54 Å². The van der Waals surface area contributed by atoms with Gasteiger partial charge in [-0.1, -0.05) is 0 Å². The monoisotopic (exact) mass is 395 g/mol. The smallest absolute Gasteiger partial charge is 0.435 e. The SMILES string of the molecule is C[C@H]1C[C@@H](NS(=O)(=O)c2cc(F)c(F)cc2F)C[N+]1(C(=O)O)C(C)(C)C. The Labute approximate surface area is 150 Å². The molecule has 26 heavy (non-hydrogen) atoms. The molecule has 2 N–H and O–H groups in total. The largest absolute Gasteiger partial charge is 0.514 e. The lowest BCUT2D eigenvalue weighted by atomic mass is 10.0. The average Bonchev–Trinajstić information content (AvgIpc) is 2.79. The fraction of sp³-hybridized carbons (Fsp3) is 0.562. The molecular weight excluding hydrogens is 373 g/mol. The number of sulfonamides is 1. The zero-order valence-corrected chi connectivity index (χ0v) is 15.7. The summed E-state index contributed by atoms with van der Waals surface area (Å²) in [4.78, 5) is 10.9. The van der Waals surface area contributed by atoms with E-state index in [0.717, 1.165) is 0 Å². The normalized spacial score (nSPS) is 26.9. The molecule has 1 heterocycles. The highest BCUT2D eigenvalue weighted by Gasteiger charge is 2.58. The highest BCUT2D eigenvalue weighted by Crippen LogP contribution is 2.37. The summed E-state index contributed by atoms with van der Waals surface area (Å²) < 4.78 is 66.9. The molecule has 10 heteroatoms. The van der Waals surface area contributed by atoms with Gasteiger partial charge in [0.1, 0.15) is 22.8 Å². The maximum atomic E-state index is 13.8. The van der Waals surface area contributed by atoms with E-state index in [0.29, 0.717) is 0 Å². The molecule has 3 atom stereocenters. The number of carboxylic acid groups (broad SMARTS) is 1. The van der Waals surface area contributed by atoms with Crippen LogP contribution in [0.4, 0.5) is 18.0 Å². The Hall–Kier alpha value is -1.65. The molecular formula is C16H22F3N2O4S+. The Bertz CT molecular complexity index is 839. The third-order valence-electron chi connectivity index (χ3n) is 5.01. The number of rotatable bonds is 3. The first kappa shape index (κ1) is 20.7. The van der Waals surface area contributed by atoms with Crippen molar-refractivity contribution in [2.45, 2.75) is 56.6 Å². The van der Waals surface area contributed by atoms with Gasteiger partial charge in [0.15, 0.2) is 11.6 Å². The van der Waals surface area contributed by atoms with Crippen LogP contribution in [0.15, 0.2) is 17.0 Å². The van der Waals surface area contributed by atoms with Gasteiger partial charge >= 0.3 is 6.09 Å². The van der Waals surface area contributed by atoms with Crippen LogP contribution in [0, 0.1) is 17.5 Å². The molecule has 0 aliphatic carbocycles. The van der Waals surface area contributed by atoms with E-state index in [1.165, 1.54) is 0 Å². The van der Waals surface area contributed by atoms with Gasteiger partial charge in [-0.05, 0) is 33.8 Å². The molecule has 2 rings (SSSR count). The zero-order valence-electron chi connectivity index (χ0n) is 14.9. The summed E-state index contributed by atoms with van der Waals surface area (Å²) in [7, 11) is -4.49. The molecule has 0 spiro atoms. The second-order valence-electron chi connectivity index (χ2n) is 7.60. The summed E-state index contributed by atoms with van der Waals surface area (Å²) in [6.45, 7) is 6.87. The number of hydrogen-bond donors (Lipinski definition) is 2. The van der Waals surface area contributed by atoms with E-state index < -0.39 is 56.1 Å². The van der Waals surface area contributed by atoms with Crippen molar-refractivity contribution in [3.05, 3.63) is 29.6 Å². The van der Waals surface area contributed by atoms with Crippen LogP contribution in [0.1, 0.15) is 34.1 Å². The standard InChI is InChI=1S/C16H21F3N2O4S/c1-9-5-10(8-21(9,15(22)23)16(2,3)4)20-26(24,25)14-7-12(18)11(17)6-13(14)19/h6-7,9-10,20H,5,8H2,1-4H3/p+1/t9-,10+,21?/m0/s1. The Balaban J connectivity index is 2.35. The lowest BCUT2D eigenvalue weighted by molar-refractivity contribution is -0.913. The molecule has 1 amide bonds. The molecule has 146 valence electrons. The molecule has 1 unspecified atom stereocenters. The summed E-state index contributed by atoms with van der Waals surface area (Å²) in [5.41, 5.74) is -0.710. The van der Waals surface area contributed by atoms with Gasteiger partial charge in [0.25, 0.3) is 0 Å². The third kappa shape index (κ3) is 3.33. The van der Waals surface area contributed by atoms with Gasteiger partial charge in [-0.3, -0.25) is 0 Å². The van der Waals surface area contributed by atoms with Crippen LogP contribution in [-0.2, 0) is 10.0 Å². The minimum absolute atomic E-state index is 0.0511. The summed E-state index contributed by atoms with van der Waals surface area (Å²) in [5.74, 6) is -4.40. The van der Waals surface area contributed by atoms with E-state index in [1.807, 2.05) is 0 Å². The predicted octanol–water partition coefficient (Wildman–Crippen LogP) is 2.84. The van der Waals surface area contributed by atoms with E-state index in [-0.39, 0.29) is 29.6 Å². The van der Waals surface area contributed by atoms with Crippen molar-refractivity contribution >= 4 is 16.1 Å². The minimum atomic E-state index is -4.49. The number of carbonyl (C=O) groups is 1. The highest BCUT2D eigenvalue weighted by atomic mass is 32.2. The molecule has 0 aromatic heterocycles. The van der Waals surface area contributed by atoms with Crippen LogP contribution in [0.25, 0.3) is 0 Å². The molecule has 0 saturated carbocycles. The number of amides is 1. The first-order chi connectivity index (χ1) is 11.7. The molecule has 0 bridgehead atoms. The quantitative estimate of drug-likeness (QED) is 0.609. The number of nitrogens with zero attached hydrogens (tertiary/aromatic N) is 1. The first-order valence-corrected chi connectivity index (χ1v) is 9.49. The summed E-state index contributed by atoms with van der Waals surface area (Å²) >= 11 is 0. The van der Waals surface area contributed by atoms with Gasteiger partial charge in [-0.2, -0.15) is 4.79 Å². The number of nitrogens with one attached hydrogen (secondary N) is 1. The summed E-state index contributed by atoms with van der Waals surface area (Å²) in [5, 5.41) is 9.76. The summed E-state index contributed by atoms with van der Waals surface area (Å²) in [6, 6.07) is -0.768. The fourth-order valence-electron chi connectivity index (χ4n) is 3.76. The van der Waals surface area contributed by atoms with Gasteiger partial charge < -0.3 is 5.11 Å². The molecule has 0 radical (unpaired) electrons. The van der Waals surface area contributed by atoms with Crippen LogP contribution < -0.4 is 4.72 Å². The molecule has 1 saturated heterocycles. The molecule has 1 fully saturated rings. The maximum Gasteiger partial charge on any atom is 0.514 e. The Morgan fingerprint density at radius 2 is 1.73 bits per heavy atom.